The van der Waals surface area contributed by atoms with Crippen molar-refractivity contribution >= 4 is 5.91 Å². The van der Waals surface area contributed by atoms with E-state index in [4.69, 9.17) is 5.26 Å². The Labute approximate surface area is 113 Å². The Morgan fingerprint density at radius 1 is 1.32 bits per heavy atom. The molecule has 4 heteroatoms. The van der Waals surface area contributed by atoms with Gasteiger partial charge in [-0.15, -0.1) is 0 Å². The fourth-order valence-electron chi connectivity index (χ4n) is 2.45. The van der Waals surface area contributed by atoms with Gasteiger partial charge in [0.25, 0.3) is 5.91 Å². The van der Waals surface area contributed by atoms with Crippen molar-refractivity contribution in [2.45, 2.75) is 31.8 Å². The lowest BCUT2D eigenvalue weighted by Gasteiger charge is -2.27. The number of rotatable bonds is 3. The highest BCUT2D eigenvalue weighted by Crippen LogP contribution is 2.23. The number of aliphatic hydroxyl groups is 1. The topological polar surface area (TPSA) is 73.1 Å². The first-order chi connectivity index (χ1) is 9.20. The van der Waals surface area contributed by atoms with Crippen LogP contribution in [0.15, 0.2) is 24.3 Å². The predicted octanol–water partition coefficient (Wildman–Crippen LogP) is 1.84. The van der Waals surface area contributed by atoms with Gasteiger partial charge in [0.05, 0.1) is 17.7 Å². The number of nitrogens with one attached hydrogen (secondary N) is 1. The number of hydrogen-bond acceptors (Lipinski definition) is 3. The largest absolute Gasteiger partial charge is 0.393 e. The maximum Gasteiger partial charge on any atom is 0.251 e. The molecule has 100 valence electrons. The molecule has 1 aromatic carbocycles. The highest BCUT2D eigenvalue weighted by Gasteiger charge is 2.23. The molecule has 1 saturated carbocycles. The van der Waals surface area contributed by atoms with Crippen LogP contribution in [-0.4, -0.2) is 23.7 Å². The fourth-order valence-corrected chi connectivity index (χ4v) is 2.45. The highest BCUT2D eigenvalue weighted by atomic mass is 16.3. The summed E-state index contributed by atoms with van der Waals surface area (Å²) in [5.74, 6) is 0.0124. The molecule has 2 rings (SSSR count). The number of carbonyl (C=O) groups is 1. The van der Waals surface area contributed by atoms with Crippen molar-refractivity contribution in [2.24, 2.45) is 5.92 Å². The minimum Gasteiger partial charge on any atom is -0.393 e. The molecule has 0 bridgehead atoms. The summed E-state index contributed by atoms with van der Waals surface area (Å²) in [6.45, 7) is 0.514. The van der Waals surface area contributed by atoms with Crippen molar-refractivity contribution in [1.29, 1.82) is 5.26 Å². The normalized spacial score (nSPS) is 22.5. The quantitative estimate of drug-likeness (QED) is 0.868. The molecular weight excluding hydrogens is 240 g/mol. The lowest BCUT2D eigenvalue weighted by Crippen LogP contribution is -2.36. The summed E-state index contributed by atoms with van der Waals surface area (Å²) in [6, 6.07) is 8.56. The SMILES string of the molecule is N#Cc1ccc(C(=O)NCC2CCCCC2O)cc1. The molecule has 0 heterocycles. The first-order valence-corrected chi connectivity index (χ1v) is 6.67. The number of aliphatic hydroxyl groups excluding tert-OH is 1. The third-order valence-corrected chi connectivity index (χ3v) is 3.67. The van der Waals surface area contributed by atoms with Crippen LogP contribution >= 0.6 is 0 Å². The molecule has 1 aliphatic carbocycles. The van der Waals surface area contributed by atoms with Crippen molar-refractivity contribution in [3.05, 3.63) is 35.4 Å². The molecule has 0 aromatic heterocycles. The van der Waals surface area contributed by atoms with Gasteiger partial charge in [-0.2, -0.15) is 5.26 Å². The fraction of sp³-hybridized carbons (Fsp3) is 0.467. The monoisotopic (exact) mass is 258 g/mol. The lowest BCUT2D eigenvalue weighted by molar-refractivity contribution is 0.0663. The van der Waals surface area contributed by atoms with Gasteiger partial charge in [0.15, 0.2) is 0 Å². The molecule has 1 aromatic rings. The number of benzene rings is 1. The second kappa shape index (κ2) is 6.35. The number of hydrogen-bond donors (Lipinski definition) is 2. The molecule has 1 amide bonds. The second-order valence-electron chi connectivity index (χ2n) is 5.01. The zero-order chi connectivity index (χ0) is 13.7. The zero-order valence-corrected chi connectivity index (χ0v) is 10.8. The summed E-state index contributed by atoms with van der Waals surface area (Å²) in [6.07, 6.45) is 3.69. The van der Waals surface area contributed by atoms with E-state index in [1.165, 1.54) is 0 Å². The molecule has 1 fully saturated rings. The van der Waals surface area contributed by atoms with E-state index in [0.29, 0.717) is 17.7 Å². The van der Waals surface area contributed by atoms with Gasteiger partial charge in [-0.25, -0.2) is 0 Å². The second-order valence-corrected chi connectivity index (χ2v) is 5.01. The first kappa shape index (κ1) is 13.6. The van der Waals surface area contributed by atoms with Crippen molar-refractivity contribution in [3.8, 4) is 6.07 Å². The Morgan fingerprint density at radius 2 is 2.00 bits per heavy atom. The Balaban J connectivity index is 1.88. The number of carbonyl (C=O) groups excluding carboxylic acids is 1. The van der Waals surface area contributed by atoms with Crippen molar-refractivity contribution in [1.82, 2.24) is 5.32 Å². The number of amides is 1. The molecule has 0 radical (unpaired) electrons. The zero-order valence-electron chi connectivity index (χ0n) is 10.8. The van der Waals surface area contributed by atoms with E-state index >= 15 is 0 Å². The van der Waals surface area contributed by atoms with E-state index in [2.05, 4.69) is 5.32 Å². The van der Waals surface area contributed by atoms with Gasteiger partial charge in [-0.3, -0.25) is 4.79 Å². The number of nitrogens with zero attached hydrogens (tertiary/aromatic N) is 1. The van der Waals surface area contributed by atoms with Crippen LogP contribution in [0.4, 0.5) is 0 Å². The maximum absolute atomic E-state index is 11.9. The van der Waals surface area contributed by atoms with Crippen LogP contribution in [0.25, 0.3) is 0 Å². The van der Waals surface area contributed by atoms with Gasteiger partial charge in [-0.1, -0.05) is 12.8 Å². The Kier molecular flexibility index (Phi) is 4.53. The van der Waals surface area contributed by atoms with Gasteiger partial charge in [0, 0.05) is 18.0 Å². The summed E-state index contributed by atoms with van der Waals surface area (Å²) in [5, 5.41) is 21.4. The molecule has 0 saturated heterocycles. The van der Waals surface area contributed by atoms with Crippen molar-refractivity contribution < 1.29 is 9.90 Å². The summed E-state index contributed by atoms with van der Waals surface area (Å²) in [7, 11) is 0. The molecule has 19 heavy (non-hydrogen) atoms. The minimum absolute atomic E-state index is 0.151. The average molecular weight is 258 g/mol. The van der Waals surface area contributed by atoms with Crippen LogP contribution in [0, 0.1) is 17.2 Å². The van der Waals surface area contributed by atoms with Gasteiger partial charge in [-0.05, 0) is 37.1 Å². The molecule has 0 aliphatic heterocycles. The van der Waals surface area contributed by atoms with E-state index in [1.807, 2.05) is 6.07 Å². The smallest absolute Gasteiger partial charge is 0.251 e. The van der Waals surface area contributed by atoms with Crippen molar-refractivity contribution in [2.75, 3.05) is 6.54 Å². The van der Waals surface area contributed by atoms with Gasteiger partial charge < -0.3 is 10.4 Å². The third kappa shape index (κ3) is 3.55. The lowest BCUT2D eigenvalue weighted by atomic mass is 9.86. The van der Waals surface area contributed by atoms with Crippen LogP contribution in [-0.2, 0) is 0 Å². The molecular formula is C15H18N2O2. The van der Waals surface area contributed by atoms with Crippen LogP contribution in [0.3, 0.4) is 0 Å². The van der Waals surface area contributed by atoms with Gasteiger partial charge in [0.2, 0.25) is 0 Å². The standard InChI is InChI=1S/C15H18N2O2/c16-9-11-5-7-12(8-6-11)15(19)17-10-13-3-1-2-4-14(13)18/h5-8,13-14,18H,1-4,10H2,(H,17,19). The maximum atomic E-state index is 11.9. The van der Waals surface area contributed by atoms with E-state index < -0.39 is 0 Å². The van der Waals surface area contributed by atoms with Gasteiger partial charge in [0.1, 0.15) is 0 Å². The Hall–Kier alpha value is -1.86. The summed E-state index contributed by atoms with van der Waals surface area (Å²) in [4.78, 5) is 11.9. The van der Waals surface area contributed by atoms with E-state index in [9.17, 15) is 9.90 Å². The summed E-state index contributed by atoms with van der Waals surface area (Å²) >= 11 is 0. The van der Waals surface area contributed by atoms with E-state index in [-0.39, 0.29) is 17.9 Å². The van der Waals surface area contributed by atoms with E-state index in [0.717, 1.165) is 25.7 Å². The molecule has 0 spiro atoms. The Bertz CT molecular complexity index is 476. The molecule has 2 atom stereocenters. The highest BCUT2D eigenvalue weighted by molar-refractivity contribution is 5.94. The molecule has 4 nitrogen and oxygen atoms in total. The van der Waals surface area contributed by atoms with Crippen LogP contribution in [0.5, 0.6) is 0 Å². The summed E-state index contributed by atoms with van der Waals surface area (Å²) < 4.78 is 0. The Morgan fingerprint density at radius 3 is 2.63 bits per heavy atom. The van der Waals surface area contributed by atoms with Crippen LogP contribution < -0.4 is 5.32 Å². The summed E-state index contributed by atoms with van der Waals surface area (Å²) in [5.41, 5.74) is 1.09. The minimum atomic E-state index is -0.296. The van der Waals surface area contributed by atoms with E-state index in [1.54, 1.807) is 24.3 Å². The van der Waals surface area contributed by atoms with Crippen LogP contribution in [0.2, 0.25) is 0 Å². The molecule has 1 aliphatic rings. The number of nitriles is 1. The van der Waals surface area contributed by atoms with Crippen molar-refractivity contribution in [3.63, 3.8) is 0 Å². The third-order valence-electron chi connectivity index (χ3n) is 3.67. The average Bonchev–Trinajstić information content (AvgIpc) is 2.46. The predicted molar refractivity (Wildman–Crippen MR) is 71.5 cm³/mol. The first-order valence-electron chi connectivity index (χ1n) is 6.67. The molecule has 2 unspecified atom stereocenters. The van der Waals surface area contributed by atoms with Gasteiger partial charge >= 0.3 is 0 Å². The van der Waals surface area contributed by atoms with Crippen LogP contribution in [0.1, 0.15) is 41.6 Å². The molecule has 2 N–H and O–H groups in total.